The van der Waals surface area contributed by atoms with Crippen molar-refractivity contribution in [2.75, 3.05) is 13.1 Å². The third kappa shape index (κ3) is 2.59. The van der Waals surface area contributed by atoms with Crippen LogP contribution >= 0.6 is 0 Å². The summed E-state index contributed by atoms with van der Waals surface area (Å²) in [4.78, 5) is 12.0. The Morgan fingerprint density at radius 1 is 1.59 bits per heavy atom. The lowest BCUT2D eigenvalue weighted by Crippen LogP contribution is -2.22. The second-order valence-corrected chi connectivity index (χ2v) is 4.17. The van der Waals surface area contributed by atoms with Gasteiger partial charge in [-0.1, -0.05) is 6.07 Å². The van der Waals surface area contributed by atoms with Crippen molar-refractivity contribution in [1.29, 1.82) is 0 Å². The highest BCUT2D eigenvalue weighted by atomic mass is 19.1. The Labute approximate surface area is 97.6 Å². The lowest BCUT2D eigenvalue weighted by atomic mass is 10.1. The van der Waals surface area contributed by atoms with Crippen LogP contribution < -0.4 is 0 Å². The molecule has 0 aromatic heterocycles. The van der Waals surface area contributed by atoms with E-state index in [4.69, 9.17) is 0 Å². The highest BCUT2D eigenvalue weighted by Crippen LogP contribution is 2.24. The first kappa shape index (κ1) is 11.9. The molecule has 1 atom stereocenters. The Morgan fingerprint density at radius 2 is 2.35 bits per heavy atom. The first-order valence-corrected chi connectivity index (χ1v) is 5.40. The maximum Gasteiger partial charge on any atom is 0.276 e. The van der Waals surface area contributed by atoms with Crippen LogP contribution in [0.2, 0.25) is 0 Å². The van der Waals surface area contributed by atoms with Gasteiger partial charge in [0.05, 0.1) is 16.6 Å². The van der Waals surface area contributed by atoms with Crippen LogP contribution in [0, 0.1) is 15.9 Å². The van der Waals surface area contributed by atoms with Crippen molar-refractivity contribution in [3.63, 3.8) is 0 Å². The predicted octanol–water partition coefficient (Wildman–Crippen LogP) is 1.30. The van der Waals surface area contributed by atoms with Gasteiger partial charge in [-0.2, -0.15) is 0 Å². The Morgan fingerprint density at radius 3 is 2.94 bits per heavy atom. The van der Waals surface area contributed by atoms with Gasteiger partial charge in [0, 0.05) is 25.7 Å². The fourth-order valence-corrected chi connectivity index (χ4v) is 2.05. The number of aliphatic hydroxyl groups is 1. The Bertz CT molecular complexity index is 439. The quantitative estimate of drug-likeness (QED) is 0.638. The van der Waals surface area contributed by atoms with Gasteiger partial charge in [-0.15, -0.1) is 0 Å². The summed E-state index contributed by atoms with van der Waals surface area (Å²) in [6.45, 7) is 1.23. The van der Waals surface area contributed by atoms with Crippen molar-refractivity contribution in [1.82, 2.24) is 4.90 Å². The first-order chi connectivity index (χ1) is 8.08. The molecular weight excluding hydrogens is 227 g/mol. The van der Waals surface area contributed by atoms with E-state index in [9.17, 15) is 19.6 Å². The molecule has 1 fully saturated rings. The van der Waals surface area contributed by atoms with Gasteiger partial charge in [0.25, 0.3) is 5.69 Å². The number of hydrogen-bond acceptors (Lipinski definition) is 4. The first-order valence-electron chi connectivity index (χ1n) is 5.40. The number of likely N-dealkylation sites (tertiary alicyclic amines) is 1. The van der Waals surface area contributed by atoms with Crippen molar-refractivity contribution < 1.29 is 14.4 Å². The van der Waals surface area contributed by atoms with E-state index in [1.807, 2.05) is 4.90 Å². The fourth-order valence-electron chi connectivity index (χ4n) is 2.05. The maximum atomic E-state index is 13.6. The molecule has 0 spiro atoms. The molecule has 1 aromatic rings. The van der Waals surface area contributed by atoms with Gasteiger partial charge in [0.2, 0.25) is 0 Å². The second-order valence-electron chi connectivity index (χ2n) is 4.17. The van der Waals surface area contributed by atoms with Crippen LogP contribution in [0.25, 0.3) is 0 Å². The van der Waals surface area contributed by atoms with Gasteiger partial charge in [-0.3, -0.25) is 15.0 Å². The molecule has 1 saturated heterocycles. The van der Waals surface area contributed by atoms with Crippen molar-refractivity contribution in [3.05, 3.63) is 39.7 Å². The van der Waals surface area contributed by atoms with Crippen molar-refractivity contribution in [2.24, 2.45) is 0 Å². The standard InChI is InChI=1S/C11H13FN2O3/c12-10-2-1-3-11(14(16)17)9(10)7-13-5-4-8(15)6-13/h1-3,8,15H,4-7H2. The van der Waals surface area contributed by atoms with Crippen LogP contribution in [0.3, 0.4) is 0 Å². The summed E-state index contributed by atoms with van der Waals surface area (Å²) in [5.41, 5.74) is -0.113. The molecule has 1 N–H and O–H groups in total. The summed E-state index contributed by atoms with van der Waals surface area (Å²) in [5.74, 6) is -0.569. The van der Waals surface area contributed by atoms with Crippen LogP contribution in [0.4, 0.5) is 10.1 Å². The third-order valence-corrected chi connectivity index (χ3v) is 2.92. The SMILES string of the molecule is O=[N+]([O-])c1cccc(F)c1CN1CCC(O)C1. The van der Waals surface area contributed by atoms with Crippen LogP contribution in [-0.4, -0.2) is 34.1 Å². The van der Waals surface area contributed by atoms with E-state index in [1.54, 1.807) is 0 Å². The summed E-state index contributed by atoms with van der Waals surface area (Å²) in [6.07, 6.45) is 0.211. The number of aliphatic hydroxyl groups excluding tert-OH is 1. The molecule has 5 nitrogen and oxygen atoms in total. The second kappa shape index (κ2) is 4.77. The number of β-amino-alcohol motifs (C(OH)–C–C–N with tert-alkyl or cyclic N) is 1. The van der Waals surface area contributed by atoms with Crippen LogP contribution in [-0.2, 0) is 6.54 Å². The summed E-state index contributed by atoms with van der Waals surface area (Å²) in [7, 11) is 0. The van der Waals surface area contributed by atoms with Crippen molar-refractivity contribution in [3.8, 4) is 0 Å². The zero-order valence-electron chi connectivity index (χ0n) is 9.17. The van der Waals surface area contributed by atoms with Gasteiger partial charge in [-0.05, 0) is 12.5 Å². The maximum absolute atomic E-state index is 13.6. The molecule has 0 aliphatic carbocycles. The highest BCUT2D eigenvalue weighted by molar-refractivity contribution is 5.40. The Kier molecular flexibility index (Phi) is 3.35. The molecule has 1 aliphatic rings. The summed E-state index contributed by atoms with van der Waals surface area (Å²) < 4.78 is 13.6. The number of benzene rings is 1. The average Bonchev–Trinajstić information content (AvgIpc) is 2.67. The Hall–Kier alpha value is -1.53. The molecule has 0 bridgehead atoms. The third-order valence-electron chi connectivity index (χ3n) is 2.92. The largest absolute Gasteiger partial charge is 0.392 e. The molecular formula is C11H13FN2O3. The van der Waals surface area contributed by atoms with Crippen LogP contribution in [0.1, 0.15) is 12.0 Å². The van der Waals surface area contributed by atoms with Gasteiger partial charge in [-0.25, -0.2) is 4.39 Å². The van der Waals surface area contributed by atoms with Gasteiger partial charge < -0.3 is 5.11 Å². The Balaban J connectivity index is 2.22. The van der Waals surface area contributed by atoms with Gasteiger partial charge in [0.1, 0.15) is 5.82 Å². The minimum atomic E-state index is -0.578. The minimum Gasteiger partial charge on any atom is -0.392 e. The number of nitrogens with zero attached hydrogens (tertiary/aromatic N) is 2. The highest BCUT2D eigenvalue weighted by Gasteiger charge is 2.25. The minimum absolute atomic E-state index is 0.0894. The van der Waals surface area contributed by atoms with Gasteiger partial charge in [0.15, 0.2) is 0 Å². The van der Waals surface area contributed by atoms with Crippen LogP contribution in [0.5, 0.6) is 0 Å². The van der Waals surface area contributed by atoms with Crippen molar-refractivity contribution >= 4 is 5.69 Å². The zero-order valence-corrected chi connectivity index (χ0v) is 9.17. The summed E-state index contributed by atoms with van der Waals surface area (Å²) >= 11 is 0. The lowest BCUT2D eigenvalue weighted by molar-refractivity contribution is -0.385. The zero-order chi connectivity index (χ0) is 12.4. The van der Waals surface area contributed by atoms with E-state index in [0.717, 1.165) is 0 Å². The molecule has 0 saturated carbocycles. The molecule has 6 heteroatoms. The molecule has 1 unspecified atom stereocenters. The number of rotatable bonds is 3. The molecule has 92 valence electrons. The molecule has 2 rings (SSSR count). The summed E-state index contributed by atoms with van der Waals surface area (Å²) in [5, 5.41) is 20.1. The van der Waals surface area contributed by atoms with E-state index < -0.39 is 16.8 Å². The van der Waals surface area contributed by atoms with E-state index in [1.165, 1.54) is 18.2 Å². The van der Waals surface area contributed by atoms with E-state index >= 15 is 0 Å². The molecule has 1 aromatic carbocycles. The topological polar surface area (TPSA) is 66.6 Å². The summed E-state index contributed by atoms with van der Waals surface area (Å²) in [6, 6.07) is 3.84. The monoisotopic (exact) mass is 240 g/mol. The lowest BCUT2D eigenvalue weighted by Gasteiger charge is -2.15. The number of nitro groups is 1. The smallest absolute Gasteiger partial charge is 0.276 e. The van der Waals surface area contributed by atoms with E-state index in [2.05, 4.69) is 0 Å². The molecule has 0 radical (unpaired) electrons. The number of hydrogen-bond donors (Lipinski definition) is 1. The molecule has 17 heavy (non-hydrogen) atoms. The number of nitro benzene ring substituents is 1. The van der Waals surface area contributed by atoms with Crippen LogP contribution in [0.15, 0.2) is 18.2 Å². The fraction of sp³-hybridized carbons (Fsp3) is 0.455. The molecule has 1 heterocycles. The average molecular weight is 240 g/mol. The molecule has 0 amide bonds. The van der Waals surface area contributed by atoms with E-state index in [0.29, 0.717) is 19.5 Å². The van der Waals surface area contributed by atoms with E-state index in [-0.39, 0.29) is 17.8 Å². The normalized spacial score (nSPS) is 20.7. The number of halogens is 1. The van der Waals surface area contributed by atoms with Crippen molar-refractivity contribution in [2.45, 2.75) is 19.1 Å². The predicted molar refractivity (Wildman–Crippen MR) is 59.0 cm³/mol. The van der Waals surface area contributed by atoms with Gasteiger partial charge >= 0.3 is 0 Å². The molecule has 1 aliphatic heterocycles.